The van der Waals surface area contributed by atoms with Gasteiger partial charge in [0, 0.05) is 12.5 Å². The van der Waals surface area contributed by atoms with Crippen molar-refractivity contribution >= 4 is 11.9 Å². The van der Waals surface area contributed by atoms with Crippen LogP contribution in [-0.2, 0) is 16.1 Å². The summed E-state index contributed by atoms with van der Waals surface area (Å²) in [5, 5.41) is 11.5. The van der Waals surface area contributed by atoms with E-state index in [9.17, 15) is 9.59 Å². The molecule has 0 aliphatic heterocycles. The van der Waals surface area contributed by atoms with E-state index in [2.05, 4.69) is 19.2 Å². The third kappa shape index (κ3) is 3.73. The summed E-state index contributed by atoms with van der Waals surface area (Å²) in [6.07, 6.45) is 0.931. The predicted molar refractivity (Wildman–Crippen MR) is 73.3 cm³/mol. The van der Waals surface area contributed by atoms with E-state index >= 15 is 0 Å². The minimum atomic E-state index is -1.01. The highest BCUT2D eigenvalue weighted by atomic mass is 16.5. The number of carbonyl (C=O) groups is 2. The number of aliphatic carboxylic acids is 1. The van der Waals surface area contributed by atoms with Crippen LogP contribution >= 0.6 is 0 Å². The van der Waals surface area contributed by atoms with E-state index in [0.29, 0.717) is 12.3 Å². The lowest BCUT2D eigenvalue weighted by molar-refractivity contribution is -0.139. The van der Waals surface area contributed by atoms with Gasteiger partial charge in [-0.3, -0.25) is 4.79 Å². The van der Waals surface area contributed by atoms with Crippen molar-refractivity contribution in [2.45, 2.75) is 26.8 Å². The number of hydrogen-bond acceptors (Lipinski definition) is 3. The third-order valence-electron chi connectivity index (χ3n) is 3.56. The van der Waals surface area contributed by atoms with Crippen LogP contribution < -0.4 is 10.1 Å². The Morgan fingerprint density at radius 3 is 2.75 bits per heavy atom. The number of carbonyl (C=O) groups excluding carboxylic acids is 1. The standard InChI is InChI=1S/C15H19NO4/c1-15(2)7-12(15)14(19)16-8-10-4-3-5-11(6-10)20-9-13(17)18/h3-6,12H,7-9H2,1-2H3,(H,16,19)(H,17,18)/t12-/m1/s1. The first-order valence-electron chi connectivity index (χ1n) is 6.60. The maximum atomic E-state index is 11.9. The molecule has 0 aromatic heterocycles. The SMILES string of the molecule is CC1(C)C[C@@H]1C(=O)NCc1cccc(OCC(=O)O)c1. The van der Waals surface area contributed by atoms with Gasteiger partial charge in [0.1, 0.15) is 5.75 Å². The Morgan fingerprint density at radius 2 is 2.15 bits per heavy atom. The molecule has 1 amide bonds. The summed E-state index contributed by atoms with van der Waals surface area (Å²) < 4.78 is 5.10. The van der Waals surface area contributed by atoms with Crippen molar-refractivity contribution in [3.8, 4) is 5.75 Å². The molecule has 1 fully saturated rings. The van der Waals surface area contributed by atoms with E-state index in [1.165, 1.54) is 0 Å². The number of rotatable bonds is 6. The Bertz CT molecular complexity index is 524. The number of nitrogens with one attached hydrogen (secondary N) is 1. The molecule has 5 nitrogen and oxygen atoms in total. The highest BCUT2D eigenvalue weighted by Crippen LogP contribution is 2.51. The number of benzene rings is 1. The second-order valence-electron chi connectivity index (χ2n) is 5.79. The maximum absolute atomic E-state index is 11.9. The molecule has 0 bridgehead atoms. The van der Waals surface area contributed by atoms with E-state index in [4.69, 9.17) is 9.84 Å². The summed E-state index contributed by atoms with van der Waals surface area (Å²) >= 11 is 0. The van der Waals surface area contributed by atoms with Gasteiger partial charge in [-0.25, -0.2) is 4.79 Å². The van der Waals surface area contributed by atoms with Crippen LogP contribution in [0.1, 0.15) is 25.8 Å². The molecule has 5 heteroatoms. The molecule has 2 N–H and O–H groups in total. The molecule has 0 spiro atoms. The van der Waals surface area contributed by atoms with Crippen LogP contribution in [0.5, 0.6) is 5.75 Å². The van der Waals surface area contributed by atoms with Crippen LogP contribution in [0.15, 0.2) is 24.3 Å². The molecule has 2 rings (SSSR count). The number of hydrogen-bond donors (Lipinski definition) is 2. The Morgan fingerprint density at radius 1 is 1.45 bits per heavy atom. The van der Waals surface area contributed by atoms with Crippen molar-refractivity contribution in [2.24, 2.45) is 11.3 Å². The minimum absolute atomic E-state index is 0.0758. The molecule has 1 aliphatic rings. The lowest BCUT2D eigenvalue weighted by Crippen LogP contribution is -2.26. The Labute approximate surface area is 117 Å². The maximum Gasteiger partial charge on any atom is 0.341 e. The van der Waals surface area contributed by atoms with E-state index < -0.39 is 5.97 Å². The molecule has 1 aromatic rings. The first-order chi connectivity index (χ1) is 9.38. The second-order valence-corrected chi connectivity index (χ2v) is 5.79. The van der Waals surface area contributed by atoms with Crippen molar-refractivity contribution in [3.63, 3.8) is 0 Å². The fraction of sp³-hybridized carbons (Fsp3) is 0.467. The summed E-state index contributed by atoms with van der Waals surface area (Å²) in [5.74, 6) is -0.341. The predicted octanol–water partition coefficient (Wildman–Crippen LogP) is 1.81. The first kappa shape index (κ1) is 14.4. The van der Waals surface area contributed by atoms with E-state index in [1.54, 1.807) is 18.2 Å². The summed E-state index contributed by atoms with van der Waals surface area (Å²) in [4.78, 5) is 22.3. The molecule has 20 heavy (non-hydrogen) atoms. The van der Waals surface area contributed by atoms with Gasteiger partial charge in [-0.05, 0) is 29.5 Å². The smallest absolute Gasteiger partial charge is 0.341 e. The highest BCUT2D eigenvalue weighted by molar-refractivity contribution is 5.82. The van der Waals surface area contributed by atoms with Crippen molar-refractivity contribution < 1.29 is 19.4 Å². The van der Waals surface area contributed by atoms with Crippen molar-refractivity contribution in [3.05, 3.63) is 29.8 Å². The van der Waals surface area contributed by atoms with Gasteiger partial charge in [0.15, 0.2) is 6.61 Å². The quantitative estimate of drug-likeness (QED) is 0.831. The van der Waals surface area contributed by atoms with Crippen LogP contribution in [0.3, 0.4) is 0 Å². The fourth-order valence-electron chi connectivity index (χ4n) is 2.12. The van der Waals surface area contributed by atoms with Crippen LogP contribution in [0.4, 0.5) is 0 Å². The van der Waals surface area contributed by atoms with Gasteiger partial charge in [0.25, 0.3) is 0 Å². The Hall–Kier alpha value is -2.04. The number of carboxylic acid groups (broad SMARTS) is 1. The molecule has 1 saturated carbocycles. The average Bonchev–Trinajstić information content (AvgIpc) is 3.03. The summed E-state index contributed by atoms with van der Waals surface area (Å²) in [5.41, 5.74) is 1.01. The highest BCUT2D eigenvalue weighted by Gasteiger charge is 2.50. The average molecular weight is 277 g/mol. The molecular weight excluding hydrogens is 258 g/mol. The summed E-state index contributed by atoms with van der Waals surface area (Å²) in [7, 11) is 0. The molecule has 0 unspecified atom stereocenters. The monoisotopic (exact) mass is 277 g/mol. The Kier molecular flexibility index (Phi) is 3.97. The van der Waals surface area contributed by atoms with Gasteiger partial charge in [-0.15, -0.1) is 0 Å². The number of ether oxygens (including phenoxy) is 1. The van der Waals surface area contributed by atoms with Gasteiger partial charge in [-0.1, -0.05) is 26.0 Å². The van der Waals surface area contributed by atoms with Gasteiger partial charge in [0.2, 0.25) is 5.91 Å². The van der Waals surface area contributed by atoms with Crippen molar-refractivity contribution in [1.82, 2.24) is 5.32 Å². The fourth-order valence-corrected chi connectivity index (χ4v) is 2.12. The molecule has 1 atom stereocenters. The van der Waals surface area contributed by atoms with E-state index in [0.717, 1.165) is 12.0 Å². The molecule has 0 radical (unpaired) electrons. The molecule has 0 saturated heterocycles. The Balaban J connectivity index is 1.85. The molecule has 108 valence electrons. The van der Waals surface area contributed by atoms with E-state index in [1.807, 2.05) is 6.07 Å². The van der Waals surface area contributed by atoms with Crippen molar-refractivity contribution in [1.29, 1.82) is 0 Å². The van der Waals surface area contributed by atoms with Gasteiger partial charge >= 0.3 is 5.97 Å². The normalized spacial score (nSPS) is 19.2. The number of carboxylic acids is 1. The van der Waals surface area contributed by atoms with Crippen LogP contribution in [0.2, 0.25) is 0 Å². The topological polar surface area (TPSA) is 75.6 Å². The first-order valence-corrected chi connectivity index (χ1v) is 6.60. The summed E-state index contributed by atoms with van der Waals surface area (Å²) in [6.45, 7) is 4.22. The van der Waals surface area contributed by atoms with Crippen LogP contribution in [-0.4, -0.2) is 23.6 Å². The zero-order valence-corrected chi connectivity index (χ0v) is 11.7. The summed E-state index contributed by atoms with van der Waals surface area (Å²) in [6, 6.07) is 7.07. The zero-order valence-electron chi connectivity index (χ0n) is 11.7. The van der Waals surface area contributed by atoms with Gasteiger partial charge < -0.3 is 15.2 Å². The lowest BCUT2D eigenvalue weighted by atomic mass is 10.1. The number of amides is 1. The van der Waals surface area contributed by atoms with Gasteiger partial charge in [0.05, 0.1) is 0 Å². The zero-order chi connectivity index (χ0) is 14.8. The second kappa shape index (κ2) is 5.53. The van der Waals surface area contributed by atoms with Crippen LogP contribution in [0.25, 0.3) is 0 Å². The minimum Gasteiger partial charge on any atom is -0.482 e. The van der Waals surface area contributed by atoms with Crippen molar-refractivity contribution in [2.75, 3.05) is 6.61 Å². The molecular formula is C15H19NO4. The van der Waals surface area contributed by atoms with E-state index in [-0.39, 0.29) is 23.8 Å². The van der Waals surface area contributed by atoms with Gasteiger partial charge in [-0.2, -0.15) is 0 Å². The molecule has 1 aromatic carbocycles. The molecule has 0 heterocycles. The lowest BCUT2D eigenvalue weighted by Gasteiger charge is -2.08. The third-order valence-corrected chi connectivity index (χ3v) is 3.56. The largest absolute Gasteiger partial charge is 0.482 e. The van der Waals surface area contributed by atoms with Crippen LogP contribution in [0, 0.1) is 11.3 Å². The molecule has 1 aliphatic carbocycles.